The molecule has 0 N–H and O–H groups in total. The molecule has 0 heterocycles. The van der Waals surface area contributed by atoms with E-state index >= 15 is 0 Å². The lowest BCUT2D eigenvalue weighted by Crippen LogP contribution is -2.11. The number of carbonyl (C=O) groups excluding carboxylic acids is 1. The molecule has 60 valence electrons. The summed E-state index contributed by atoms with van der Waals surface area (Å²) in [4.78, 5) is 10.6. The molecule has 0 aliphatic heterocycles. The summed E-state index contributed by atoms with van der Waals surface area (Å²) in [5.41, 5.74) is 0. The van der Waals surface area contributed by atoms with Gasteiger partial charge in [-0.05, 0) is 5.92 Å². The lowest BCUT2D eigenvalue weighted by molar-refractivity contribution is -0.141. The Morgan fingerprint density at radius 3 is 2.70 bits per heavy atom. The van der Waals surface area contributed by atoms with Crippen LogP contribution in [0.1, 0.15) is 20.3 Å². The Kier molecular flexibility index (Phi) is 6.06. The van der Waals surface area contributed by atoms with Crippen molar-refractivity contribution in [1.82, 2.24) is 0 Å². The molecule has 10 heavy (non-hydrogen) atoms. The predicted molar refractivity (Wildman–Crippen MR) is 49.3 cm³/mol. The molecule has 1 atom stereocenters. The Morgan fingerprint density at radius 1 is 1.70 bits per heavy atom. The minimum absolute atomic E-state index is 0.110. The van der Waals surface area contributed by atoms with Crippen molar-refractivity contribution in [2.45, 2.75) is 20.3 Å². The lowest BCUT2D eigenvalue weighted by atomic mass is 10.1. The Bertz CT molecular complexity index is 104. The van der Waals surface area contributed by atoms with Gasteiger partial charge in [0, 0.05) is 0 Å². The smallest absolute Gasteiger partial charge is 0.315 e. The largest absolute Gasteiger partial charge is 0.465 e. The fraction of sp³-hybridized carbons (Fsp3) is 0.857. The van der Waals surface area contributed by atoms with Crippen molar-refractivity contribution < 1.29 is 9.53 Å². The van der Waals surface area contributed by atoms with Crippen LogP contribution in [0, 0.1) is 5.92 Å². The van der Waals surface area contributed by atoms with Gasteiger partial charge in [-0.15, -0.1) is 0 Å². The molecular weight excluding hydrogens is 243 g/mol. The third kappa shape index (κ3) is 5.02. The summed E-state index contributed by atoms with van der Waals surface area (Å²) >= 11 is 2.00. The highest BCUT2D eigenvalue weighted by molar-refractivity contribution is 14.1. The molecule has 0 aliphatic carbocycles. The van der Waals surface area contributed by atoms with E-state index in [4.69, 9.17) is 4.74 Å². The normalized spacial score (nSPS) is 12.7. The van der Waals surface area contributed by atoms with Crippen molar-refractivity contribution in [3.05, 3.63) is 0 Å². The maximum absolute atomic E-state index is 10.6. The molecule has 0 aliphatic rings. The van der Waals surface area contributed by atoms with Gasteiger partial charge in [0.15, 0.2) is 0 Å². The predicted octanol–water partition coefficient (Wildman–Crippen LogP) is 2.01. The van der Waals surface area contributed by atoms with E-state index in [9.17, 15) is 4.79 Å². The summed E-state index contributed by atoms with van der Waals surface area (Å²) in [6.07, 6.45) is 1.06. The second kappa shape index (κ2) is 5.95. The van der Waals surface area contributed by atoms with Gasteiger partial charge in [-0.2, -0.15) is 0 Å². The van der Waals surface area contributed by atoms with Gasteiger partial charge in [0.25, 0.3) is 0 Å². The van der Waals surface area contributed by atoms with Crippen molar-refractivity contribution in [3.63, 3.8) is 0 Å². The standard InChI is InChI=1S/C7H13IO2/c1-3-6(2)5-10-7(9)4-8/h6H,3-5H2,1-2H3/t6-/m0/s1. The summed E-state index contributed by atoms with van der Waals surface area (Å²) < 4.78 is 5.35. The van der Waals surface area contributed by atoms with E-state index in [1.807, 2.05) is 22.6 Å². The Morgan fingerprint density at radius 2 is 2.30 bits per heavy atom. The molecule has 0 rings (SSSR count). The maximum Gasteiger partial charge on any atom is 0.315 e. The summed E-state index contributed by atoms with van der Waals surface area (Å²) in [5, 5.41) is 0. The van der Waals surface area contributed by atoms with Crippen LogP contribution in [-0.4, -0.2) is 17.0 Å². The number of carbonyl (C=O) groups is 1. The molecule has 2 nitrogen and oxygen atoms in total. The molecule has 0 bridgehead atoms. The van der Waals surface area contributed by atoms with Crippen LogP contribution in [0.2, 0.25) is 0 Å². The van der Waals surface area contributed by atoms with E-state index in [0.29, 0.717) is 17.0 Å². The summed E-state index contributed by atoms with van der Waals surface area (Å²) in [7, 11) is 0. The molecular formula is C7H13IO2. The van der Waals surface area contributed by atoms with E-state index in [0.717, 1.165) is 6.42 Å². The van der Waals surface area contributed by atoms with E-state index in [-0.39, 0.29) is 5.97 Å². The first-order chi connectivity index (χ1) is 4.70. The van der Waals surface area contributed by atoms with Crippen LogP contribution in [0.3, 0.4) is 0 Å². The van der Waals surface area contributed by atoms with Gasteiger partial charge in [-0.3, -0.25) is 4.79 Å². The van der Waals surface area contributed by atoms with Crippen molar-refractivity contribution in [3.8, 4) is 0 Å². The summed E-state index contributed by atoms with van der Waals surface area (Å²) in [6.45, 7) is 4.72. The Balaban J connectivity index is 3.26. The van der Waals surface area contributed by atoms with Crippen LogP contribution in [0.5, 0.6) is 0 Å². The molecule has 0 aromatic rings. The third-order valence-corrected chi connectivity index (χ3v) is 1.96. The molecule has 0 saturated carbocycles. The van der Waals surface area contributed by atoms with Gasteiger partial charge in [-0.25, -0.2) is 0 Å². The number of hydrogen-bond acceptors (Lipinski definition) is 2. The molecule has 0 fully saturated rings. The number of ether oxygens (including phenoxy) is 1. The SMILES string of the molecule is CC[C@H](C)COC(=O)CI. The molecule has 0 unspecified atom stereocenters. The van der Waals surface area contributed by atoms with E-state index in [1.54, 1.807) is 0 Å². The highest BCUT2D eigenvalue weighted by Gasteiger charge is 2.02. The minimum Gasteiger partial charge on any atom is -0.465 e. The number of rotatable bonds is 4. The fourth-order valence-corrected chi connectivity index (χ4v) is 0.612. The van der Waals surface area contributed by atoms with Crippen LogP contribution in [0.25, 0.3) is 0 Å². The second-order valence-corrected chi connectivity index (χ2v) is 3.09. The Hall–Kier alpha value is 0.200. The number of esters is 1. The van der Waals surface area contributed by atoms with Gasteiger partial charge < -0.3 is 4.74 Å². The van der Waals surface area contributed by atoms with Crippen molar-refractivity contribution in [2.75, 3.05) is 11.0 Å². The van der Waals surface area contributed by atoms with Gasteiger partial charge in [0.2, 0.25) is 0 Å². The number of halogens is 1. The number of hydrogen-bond donors (Lipinski definition) is 0. The van der Waals surface area contributed by atoms with Crippen LogP contribution in [-0.2, 0) is 9.53 Å². The molecule has 0 radical (unpaired) electrons. The monoisotopic (exact) mass is 256 g/mol. The highest BCUT2D eigenvalue weighted by atomic mass is 127. The lowest BCUT2D eigenvalue weighted by Gasteiger charge is -2.07. The highest BCUT2D eigenvalue weighted by Crippen LogP contribution is 2.00. The first-order valence-electron chi connectivity index (χ1n) is 3.42. The topological polar surface area (TPSA) is 26.3 Å². The van der Waals surface area contributed by atoms with Gasteiger partial charge in [0.05, 0.1) is 11.0 Å². The Labute approximate surface area is 75.5 Å². The molecule has 0 spiro atoms. The van der Waals surface area contributed by atoms with Crippen LogP contribution in [0.15, 0.2) is 0 Å². The van der Waals surface area contributed by atoms with Crippen molar-refractivity contribution in [2.24, 2.45) is 5.92 Å². The molecule has 3 heteroatoms. The van der Waals surface area contributed by atoms with Crippen LogP contribution < -0.4 is 0 Å². The van der Waals surface area contributed by atoms with Gasteiger partial charge in [-0.1, -0.05) is 42.9 Å². The first-order valence-corrected chi connectivity index (χ1v) is 4.94. The molecule has 0 amide bonds. The van der Waals surface area contributed by atoms with E-state index in [1.165, 1.54) is 0 Å². The first kappa shape index (κ1) is 10.2. The van der Waals surface area contributed by atoms with E-state index in [2.05, 4.69) is 13.8 Å². The van der Waals surface area contributed by atoms with Crippen molar-refractivity contribution in [1.29, 1.82) is 0 Å². The van der Waals surface area contributed by atoms with Gasteiger partial charge >= 0.3 is 5.97 Å². The summed E-state index contributed by atoms with van der Waals surface area (Å²) in [6, 6.07) is 0. The average Bonchev–Trinajstić information content (AvgIpc) is 1.99. The average molecular weight is 256 g/mol. The zero-order chi connectivity index (χ0) is 7.98. The van der Waals surface area contributed by atoms with E-state index < -0.39 is 0 Å². The molecule has 0 saturated heterocycles. The van der Waals surface area contributed by atoms with Gasteiger partial charge in [0.1, 0.15) is 0 Å². The van der Waals surface area contributed by atoms with Crippen LogP contribution >= 0.6 is 22.6 Å². The zero-order valence-electron chi connectivity index (χ0n) is 6.39. The second-order valence-electron chi connectivity index (χ2n) is 2.33. The maximum atomic E-state index is 10.6. The van der Waals surface area contributed by atoms with Crippen LogP contribution in [0.4, 0.5) is 0 Å². The minimum atomic E-state index is -0.110. The summed E-state index contributed by atoms with van der Waals surface area (Å²) in [5.74, 6) is 0.382. The number of alkyl halides is 1. The fourth-order valence-electron chi connectivity index (χ4n) is 0.392. The molecule has 0 aromatic carbocycles. The van der Waals surface area contributed by atoms with Crippen molar-refractivity contribution >= 4 is 28.6 Å². The quantitative estimate of drug-likeness (QED) is 0.437. The third-order valence-electron chi connectivity index (χ3n) is 1.33. The molecule has 0 aromatic heterocycles. The zero-order valence-corrected chi connectivity index (χ0v) is 8.55.